The molecule has 48 heavy (non-hydrogen) atoms. The molecular weight excluding hydrogens is 624 g/mol. The van der Waals surface area contributed by atoms with Gasteiger partial charge in [-0.25, -0.2) is 14.8 Å². The highest BCUT2D eigenvalue weighted by Gasteiger charge is 2.41. The number of piperidine rings is 1. The van der Waals surface area contributed by atoms with Gasteiger partial charge in [0.2, 0.25) is 5.95 Å². The molecule has 3 aliphatic heterocycles. The topological polar surface area (TPSA) is 94.8 Å². The number of rotatable bonds is 8. The minimum atomic E-state index is -0.452. The SMILES string of the molecule is CC(C)(C)OC(=O)N1CCC(CN2CC3CN(c4nccc(COc5ccc(C(C)(C)c6cc(Cl)cc(C#N)c6)cc5)n4)CC3C2)CC1. The molecule has 3 saturated heterocycles. The summed E-state index contributed by atoms with van der Waals surface area (Å²) in [5.41, 5.74) is 2.72. The number of likely N-dealkylation sites (tertiary alicyclic amines) is 2. The lowest BCUT2D eigenvalue weighted by Crippen LogP contribution is -2.43. The second-order valence-corrected chi connectivity index (χ2v) is 15.6. The van der Waals surface area contributed by atoms with Crippen molar-refractivity contribution < 1.29 is 14.3 Å². The number of fused-ring (bicyclic) bond motifs is 1. The van der Waals surface area contributed by atoms with Gasteiger partial charge >= 0.3 is 6.09 Å². The number of nitriles is 1. The first-order chi connectivity index (χ1) is 22.9. The molecule has 3 aliphatic rings. The van der Waals surface area contributed by atoms with E-state index in [1.165, 1.54) is 0 Å². The van der Waals surface area contributed by atoms with Crippen molar-refractivity contribution >= 4 is 23.6 Å². The summed E-state index contributed by atoms with van der Waals surface area (Å²) in [5.74, 6) is 3.42. The summed E-state index contributed by atoms with van der Waals surface area (Å²) in [7, 11) is 0. The van der Waals surface area contributed by atoms with E-state index in [-0.39, 0.29) is 11.5 Å². The number of amides is 1. The molecule has 1 amide bonds. The molecule has 0 radical (unpaired) electrons. The molecule has 4 heterocycles. The van der Waals surface area contributed by atoms with Crippen LogP contribution in [0.1, 0.15) is 69.8 Å². The van der Waals surface area contributed by atoms with Crippen LogP contribution in [0, 0.1) is 29.1 Å². The predicted molar refractivity (Wildman–Crippen MR) is 187 cm³/mol. The van der Waals surface area contributed by atoms with Gasteiger partial charge in [0.25, 0.3) is 0 Å². The number of halogens is 1. The highest BCUT2D eigenvalue weighted by molar-refractivity contribution is 6.30. The van der Waals surface area contributed by atoms with Gasteiger partial charge in [0.15, 0.2) is 0 Å². The molecule has 0 spiro atoms. The maximum absolute atomic E-state index is 12.4. The molecule has 3 fully saturated rings. The standard InChI is InChI=1S/C38H47ClN6O3/c1-37(2,3)48-36(46)44-14-11-26(12-15-44)20-43-21-28-23-45(24-29(28)22-43)35-41-13-10-33(42-35)25-47-34-8-6-30(7-9-34)38(4,5)31-16-27(19-40)17-32(39)18-31/h6-10,13,16-18,26,28-29H,11-12,14-15,20-25H2,1-5H3. The smallest absolute Gasteiger partial charge is 0.410 e. The third kappa shape index (κ3) is 8.04. The van der Waals surface area contributed by atoms with Crippen LogP contribution < -0.4 is 9.64 Å². The van der Waals surface area contributed by atoms with Gasteiger partial charge in [0.1, 0.15) is 18.0 Å². The van der Waals surface area contributed by atoms with Crippen molar-refractivity contribution in [1.82, 2.24) is 19.8 Å². The van der Waals surface area contributed by atoms with Crippen molar-refractivity contribution in [3.63, 3.8) is 0 Å². The fourth-order valence-corrected chi connectivity index (χ4v) is 7.55. The summed E-state index contributed by atoms with van der Waals surface area (Å²) < 4.78 is 11.7. The van der Waals surface area contributed by atoms with Crippen LogP contribution in [0.4, 0.5) is 10.7 Å². The zero-order chi connectivity index (χ0) is 34.1. The summed E-state index contributed by atoms with van der Waals surface area (Å²) in [6.45, 7) is 17.2. The largest absolute Gasteiger partial charge is 0.487 e. The van der Waals surface area contributed by atoms with E-state index in [0.29, 0.717) is 34.9 Å². The Hall–Kier alpha value is -3.87. The minimum absolute atomic E-state index is 0.185. The van der Waals surface area contributed by atoms with Gasteiger partial charge in [-0.3, -0.25) is 0 Å². The lowest BCUT2D eigenvalue weighted by atomic mass is 9.78. The van der Waals surface area contributed by atoms with E-state index >= 15 is 0 Å². The molecule has 6 rings (SSSR count). The Morgan fingerprint density at radius 2 is 1.65 bits per heavy atom. The fourth-order valence-electron chi connectivity index (χ4n) is 7.32. The third-order valence-electron chi connectivity index (χ3n) is 10.0. The fraction of sp³-hybridized carbons (Fsp3) is 0.526. The Bertz CT molecular complexity index is 1630. The first-order valence-corrected chi connectivity index (χ1v) is 17.5. The van der Waals surface area contributed by atoms with Gasteiger partial charge in [-0.2, -0.15) is 5.26 Å². The first-order valence-electron chi connectivity index (χ1n) is 17.1. The van der Waals surface area contributed by atoms with Crippen LogP contribution in [0.3, 0.4) is 0 Å². The third-order valence-corrected chi connectivity index (χ3v) is 10.3. The highest BCUT2D eigenvalue weighted by atomic mass is 35.5. The van der Waals surface area contributed by atoms with Gasteiger partial charge < -0.3 is 24.2 Å². The van der Waals surface area contributed by atoms with E-state index < -0.39 is 5.60 Å². The van der Waals surface area contributed by atoms with E-state index in [4.69, 9.17) is 26.1 Å². The normalized spacial score (nSPS) is 20.4. The average molecular weight is 671 g/mol. The zero-order valence-corrected chi connectivity index (χ0v) is 29.5. The van der Waals surface area contributed by atoms with Gasteiger partial charge in [0, 0.05) is 62.4 Å². The number of benzene rings is 2. The molecule has 2 atom stereocenters. The maximum Gasteiger partial charge on any atom is 0.410 e. The minimum Gasteiger partial charge on any atom is -0.487 e. The van der Waals surface area contributed by atoms with E-state index in [0.717, 1.165) is 87.2 Å². The van der Waals surface area contributed by atoms with Gasteiger partial charge in [-0.05, 0) is 98.9 Å². The van der Waals surface area contributed by atoms with E-state index in [2.05, 4.69) is 46.8 Å². The second kappa shape index (κ2) is 13.9. The molecule has 10 heteroatoms. The Labute approximate surface area is 289 Å². The lowest BCUT2D eigenvalue weighted by molar-refractivity contribution is 0.0172. The monoisotopic (exact) mass is 670 g/mol. The van der Waals surface area contributed by atoms with E-state index in [1.807, 2.05) is 62.2 Å². The van der Waals surface area contributed by atoms with Crippen molar-refractivity contribution in [3.05, 3.63) is 82.1 Å². The number of hydrogen-bond acceptors (Lipinski definition) is 8. The van der Waals surface area contributed by atoms with Crippen LogP contribution in [0.2, 0.25) is 5.02 Å². The Morgan fingerprint density at radius 3 is 2.29 bits per heavy atom. The Balaban J connectivity index is 0.970. The summed E-state index contributed by atoms with van der Waals surface area (Å²) in [4.78, 5) is 28.8. The predicted octanol–water partition coefficient (Wildman–Crippen LogP) is 6.92. The van der Waals surface area contributed by atoms with Crippen LogP contribution in [-0.2, 0) is 16.8 Å². The number of hydrogen-bond donors (Lipinski definition) is 0. The van der Waals surface area contributed by atoms with Crippen molar-refractivity contribution in [2.75, 3.05) is 50.7 Å². The van der Waals surface area contributed by atoms with Gasteiger partial charge in [-0.15, -0.1) is 0 Å². The molecule has 1 aromatic heterocycles. The number of anilines is 1. The maximum atomic E-state index is 12.4. The van der Waals surface area contributed by atoms with Crippen LogP contribution in [0.5, 0.6) is 5.75 Å². The number of carbonyl (C=O) groups is 1. The number of ether oxygens (including phenoxy) is 2. The number of nitrogens with zero attached hydrogens (tertiary/aromatic N) is 6. The van der Waals surface area contributed by atoms with E-state index in [1.54, 1.807) is 6.07 Å². The number of carbonyl (C=O) groups excluding carboxylic acids is 1. The summed E-state index contributed by atoms with van der Waals surface area (Å²) in [6, 6.07) is 17.7. The first kappa shape index (κ1) is 34.0. The molecule has 0 N–H and O–H groups in total. The van der Waals surface area contributed by atoms with Crippen molar-refractivity contribution in [2.24, 2.45) is 17.8 Å². The molecular formula is C38H47ClN6O3. The summed E-state index contributed by atoms with van der Waals surface area (Å²) in [6.07, 6.45) is 3.72. The quantitative estimate of drug-likeness (QED) is 0.255. The molecule has 3 aromatic rings. The van der Waals surface area contributed by atoms with E-state index in [9.17, 15) is 10.1 Å². The molecule has 0 aliphatic carbocycles. The molecule has 0 bridgehead atoms. The molecule has 2 unspecified atom stereocenters. The zero-order valence-electron chi connectivity index (χ0n) is 28.8. The molecule has 2 aromatic carbocycles. The van der Waals surface area contributed by atoms with Crippen LogP contribution in [-0.4, -0.2) is 77.3 Å². The van der Waals surface area contributed by atoms with Gasteiger partial charge in [-0.1, -0.05) is 37.6 Å². The number of aromatic nitrogens is 2. The van der Waals surface area contributed by atoms with Crippen molar-refractivity contribution in [1.29, 1.82) is 5.26 Å². The summed E-state index contributed by atoms with van der Waals surface area (Å²) >= 11 is 6.29. The van der Waals surface area contributed by atoms with Gasteiger partial charge in [0.05, 0.1) is 17.3 Å². The van der Waals surface area contributed by atoms with Crippen LogP contribution in [0.25, 0.3) is 0 Å². The molecule has 9 nitrogen and oxygen atoms in total. The molecule has 0 saturated carbocycles. The van der Waals surface area contributed by atoms with Crippen molar-refractivity contribution in [2.45, 2.75) is 65.1 Å². The second-order valence-electron chi connectivity index (χ2n) is 15.2. The highest BCUT2D eigenvalue weighted by Crippen LogP contribution is 2.36. The van der Waals surface area contributed by atoms with Crippen LogP contribution >= 0.6 is 11.6 Å². The Morgan fingerprint density at radius 1 is 0.958 bits per heavy atom. The lowest BCUT2D eigenvalue weighted by Gasteiger charge is -2.35. The van der Waals surface area contributed by atoms with Crippen molar-refractivity contribution in [3.8, 4) is 11.8 Å². The Kier molecular flexibility index (Phi) is 9.87. The summed E-state index contributed by atoms with van der Waals surface area (Å²) in [5, 5.41) is 9.94. The van der Waals surface area contributed by atoms with Crippen LogP contribution in [0.15, 0.2) is 54.7 Å². The average Bonchev–Trinajstić information content (AvgIpc) is 3.62. The molecule has 254 valence electrons.